The van der Waals surface area contributed by atoms with Gasteiger partial charge in [0.15, 0.2) is 21.5 Å². The molecule has 7 rings (SSSR count). The van der Waals surface area contributed by atoms with E-state index in [0.29, 0.717) is 42.5 Å². The number of nitrogens with zero attached hydrogens (tertiary/aromatic N) is 4. The van der Waals surface area contributed by atoms with E-state index in [4.69, 9.17) is 27.9 Å². The average Bonchev–Trinajstić information content (AvgIpc) is 3.50. The van der Waals surface area contributed by atoms with Crippen molar-refractivity contribution in [2.45, 2.75) is 27.9 Å². The molecule has 6 aromatic rings. The highest BCUT2D eigenvalue weighted by atomic mass is 35.5. The number of sulfone groups is 1. The first kappa shape index (κ1) is 33.1. The molecule has 0 spiro atoms. The minimum atomic E-state index is -4.44. The van der Waals surface area contributed by atoms with Gasteiger partial charge in [-0.05, 0) is 55.3 Å². The Labute approximate surface area is 288 Å². The van der Waals surface area contributed by atoms with Crippen LogP contribution in [-0.4, -0.2) is 54.8 Å². The minimum absolute atomic E-state index is 0.0286. The van der Waals surface area contributed by atoms with Gasteiger partial charge in [0.05, 0.1) is 36.9 Å². The molecule has 4 heterocycles. The number of rotatable bonds is 8. The Bertz CT molecular complexity index is 2490. The number of halogens is 4. The second-order valence-corrected chi connectivity index (χ2v) is 15.7. The number of sulfonamides is 1. The molecule has 0 radical (unpaired) electrons. The molecule has 17 heteroatoms. The molecular formula is C32H24Cl2F2N6O5S2. The summed E-state index contributed by atoms with van der Waals surface area (Å²) in [6, 6.07) is 16.0. The van der Waals surface area contributed by atoms with Crippen molar-refractivity contribution < 1.29 is 30.4 Å². The van der Waals surface area contributed by atoms with Gasteiger partial charge in [-0.15, -0.1) is 0 Å². The number of benzene rings is 3. The van der Waals surface area contributed by atoms with Crippen molar-refractivity contribution in [1.82, 2.24) is 19.5 Å². The zero-order chi connectivity index (χ0) is 34.5. The summed E-state index contributed by atoms with van der Waals surface area (Å²) in [4.78, 5) is 12.8. The van der Waals surface area contributed by atoms with E-state index in [1.165, 1.54) is 30.7 Å². The topological polar surface area (TPSA) is 145 Å². The first-order valence-electron chi connectivity index (χ1n) is 14.7. The Morgan fingerprint density at radius 1 is 0.878 bits per heavy atom. The van der Waals surface area contributed by atoms with Crippen LogP contribution in [-0.2, 0) is 24.6 Å². The minimum Gasteiger partial charge on any atom is -0.381 e. The van der Waals surface area contributed by atoms with Gasteiger partial charge in [-0.1, -0.05) is 47.5 Å². The number of nitrogens with one attached hydrogen (secondary N) is 2. The molecule has 49 heavy (non-hydrogen) atoms. The zero-order valence-corrected chi connectivity index (χ0v) is 28.2. The van der Waals surface area contributed by atoms with Gasteiger partial charge in [-0.3, -0.25) is 9.29 Å². The molecule has 11 nitrogen and oxygen atoms in total. The van der Waals surface area contributed by atoms with Gasteiger partial charge in [-0.2, -0.15) is 0 Å². The van der Waals surface area contributed by atoms with Crippen molar-refractivity contribution in [2.75, 3.05) is 23.3 Å². The van der Waals surface area contributed by atoms with Crippen LogP contribution in [0.3, 0.4) is 0 Å². The predicted molar refractivity (Wildman–Crippen MR) is 182 cm³/mol. The van der Waals surface area contributed by atoms with Crippen molar-refractivity contribution in [2.24, 2.45) is 0 Å². The summed E-state index contributed by atoms with van der Waals surface area (Å²) >= 11 is 12.0. The fraction of sp³-hybridized carbons (Fsp3) is 0.156. The molecule has 1 saturated heterocycles. The van der Waals surface area contributed by atoms with Gasteiger partial charge in [0.25, 0.3) is 10.0 Å². The van der Waals surface area contributed by atoms with Crippen LogP contribution in [0.5, 0.6) is 0 Å². The molecule has 1 aliphatic heterocycles. The molecule has 252 valence electrons. The van der Waals surface area contributed by atoms with Crippen molar-refractivity contribution in [3.8, 4) is 5.82 Å². The van der Waals surface area contributed by atoms with Crippen molar-refractivity contribution in [3.63, 3.8) is 0 Å². The smallest absolute Gasteiger partial charge is 0.263 e. The van der Waals surface area contributed by atoms with Crippen molar-refractivity contribution in [3.05, 3.63) is 101 Å². The van der Waals surface area contributed by atoms with Gasteiger partial charge in [0.1, 0.15) is 34.1 Å². The van der Waals surface area contributed by atoms with Gasteiger partial charge in [-0.25, -0.2) is 40.6 Å². The number of aromatic nitrogens is 4. The molecule has 0 aliphatic carbocycles. The van der Waals surface area contributed by atoms with Crippen molar-refractivity contribution >= 4 is 82.2 Å². The van der Waals surface area contributed by atoms with Crippen LogP contribution in [0.25, 0.3) is 27.8 Å². The highest BCUT2D eigenvalue weighted by molar-refractivity contribution is 7.93. The normalized spacial score (nSPS) is 14.4. The summed E-state index contributed by atoms with van der Waals surface area (Å²) in [5.41, 5.74) is -0.323. The molecule has 1 fully saturated rings. The third kappa shape index (κ3) is 6.06. The third-order valence-corrected chi connectivity index (χ3v) is 12.7. The predicted octanol–water partition coefficient (Wildman–Crippen LogP) is 7.05. The third-order valence-electron chi connectivity index (χ3n) is 8.09. The maximum absolute atomic E-state index is 15.8. The van der Waals surface area contributed by atoms with Gasteiger partial charge in [0.2, 0.25) is 0 Å². The number of fused-ring (bicyclic) bond motifs is 2. The quantitative estimate of drug-likeness (QED) is 0.167. The number of hydrogen-bond donors (Lipinski definition) is 2. The molecule has 0 bridgehead atoms. The molecule has 0 unspecified atom stereocenters. The molecule has 2 N–H and O–H groups in total. The number of ether oxygens (including phenoxy) is 1. The summed E-state index contributed by atoms with van der Waals surface area (Å²) in [5.74, 6) is -2.14. The van der Waals surface area contributed by atoms with Crippen LogP contribution >= 0.6 is 23.2 Å². The van der Waals surface area contributed by atoms with E-state index in [0.717, 1.165) is 12.1 Å². The molecular weight excluding hydrogens is 721 g/mol. The van der Waals surface area contributed by atoms with Gasteiger partial charge < -0.3 is 10.1 Å². The highest BCUT2D eigenvalue weighted by Gasteiger charge is 2.32. The second kappa shape index (κ2) is 12.8. The summed E-state index contributed by atoms with van der Waals surface area (Å²) in [7, 11) is -8.17. The maximum atomic E-state index is 15.8. The average molecular weight is 746 g/mol. The fourth-order valence-corrected chi connectivity index (χ4v) is 9.37. The van der Waals surface area contributed by atoms with E-state index in [1.807, 2.05) is 0 Å². The lowest BCUT2D eigenvalue weighted by atomic mass is 10.2. The van der Waals surface area contributed by atoms with Crippen LogP contribution in [0.2, 0.25) is 10.0 Å². The first-order chi connectivity index (χ1) is 23.5. The first-order valence-corrected chi connectivity index (χ1v) is 18.5. The maximum Gasteiger partial charge on any atom is 0.263 e. The molecule has 1 aliphatic rings. The molecule has 3 aromatic heterocycles. The van der Waals surface area contributed by atoms with Crippen LogP contribution in [0.4, 0.5) is 26.0 Å². The zero-order valence-electron chi connectivity index (χ0n) is 25.1. The Kier molecular flexibility index (Phi) is 8.65. The van der Waals surface area contributed by atoms with Crippen LogP contribution < -0.4 is 10.0 Å². The van der Waals surface area contributed by atoms with Crippen LogP contribution in [0.1, 0.15) is 12.8 Å². The Morgan fingerprint density at radius 2 is 1.65 bits per heavy atom. The van der Waals surface area contributed by atoms with Crippen molar-refractivity contribution in [1.29, 1.82) is 0 Å². The largest absolute Gasteiger partial charge is 0.381 e. The summed E-state index contributed by atoms with van der Waals surface area (Å²) in [6.45, 7) is 0.716. The van der Waals surface area contributed by atoms with Crippen LogP contribution in [0.15, 0.2) is 89.0 Å². The number of anilines is 3. The standard InChI is InChI=1S/C32H24Cl2F2N6O5S2/c33-20-5-3-7-25(28(20)34)49(45,46)41-22-9-8-21(35)30(29(22)36)40-32-31-23(37-17-38-32)10-11-27(39-31)42-16-26(19-4-1-2-6-24(19)42)48(43,44)18-12-14-47-15-13-18/h1-11,16-18,41H,12-15H2,(H,37,38,40). The monoisotopic (exact) mass is 744 g/mol. The van der Waals surface area contributed by atoms with Gasteiger partial charge >= 0.3 is 0 Å². The number of hydrogen-bond acceptors (Lipinski definition) is 9. The van der Waals surface area contributed by atoms with Crippen LogP contribution in [0, 0.1) is 11.6 Å². The SMILES string of the molecule is O=S(=O)(Nc1ccc(F)c(Nc2ncnc3ccc(-n4cc(S(=O)(=O)C5CCOCC5)c5ccccc54)nc23)c1F)c1cccc(Cl)c1Cl. The van der Waals surface area contributed by atoms with Gasteiger partial charge in [0, 0.05) is 24.8 Å². The lowest BCUT2D eigenvalue weighted by molar-refractivity contribution is 0.0983. The van der Waals surface area contributed by atoms with E-state index in [9.17, 15) is 16.8 Å². The number of pyridine rings is 1. The van der Waals surface area contributed by atoms with E-state index in [-0.39, 0.29) is 32.1 Å². The summed E-state index contributed by atoms with van der Waals surface area (Å²) < 4.78 is 93.7. The lowest BCUT2D eigenvalue weighted by Gasteiger charge is -2.21. The fourth-order valence-electron chi connectivity index (χ4n) is 5.64. The Hall–Kier alpha value is -4.41. The molecule has 0 atom stereocenters. The second-order valence-electron chi connectivity index (χ2n) is 11.1. The summed E-state index contributed by atoms with van der Waals surface area (Å²) in [6.07, 6.45) is 3.44. The molecule has 0 amide bonds. The molecule has 3 aromatic carbocycles. The number of para-hydroxylation sites is 1. The van der Waals surface area contributed by atoms with E-state index < -0.39 is 53.0 Å². The van der Waals surface area contributed by atoms with E-state index in [1.54, 1.807) is 41.0 Å². The Balaban J connectivity index is 1.28. The summed E-state index contributed by atoms with van der Waals surface area (Å²) in [5, 5.41) is 2.22. The van der Waals surface area contributed by atoms with E-state index in [2.05, 4.69) is 25.0 Å². The molecule has 0 saturated carbocycles. The van der Waals surface area contributed by atoms with E-state index >= 15 is 8.78 Å². The highest BCUT2D eigenvalue weighted by Crippen LogP contribution is 2.36. The lowest BCUT2D eigenvalue weighted by Crippen LogP contribution is -2.28. The Morgan fingerprint density at radius 3 is 2.45 bits per heavy atom.